The van der Waals surface area contributed by atoms with Crippen molar-refractivity contribution in [3.63, 3.8) is 0 Å². The van der Waals surface area contributed by atoms with Gasteiger partial charge in [-0.1, -0.05) is 0 Å². The first kappa shape index (κ1) is 12.0. The maximum absolute atomic E-state index is 12.3. The van der Waals surface area contributed by atoms with Crippen molar-refractivity contribution in [2.75, 3.05) is 0 Å². The summed E-state index contributed by atoms with van der Waals surface area (Å²) in [5.74, 6) is 0.00269. The van der Waals surface area contributed by atoms with Gasteiger partial charge in [-0.15, -0.1) is 0 Å². The highest BCUT2D eigenvalue weighted by molar-refractivity contribution is 9.10. The van der Waals surface area contributed by atoms with E-state index in [2.05, 4.69) is 31.0 Å². The Morgan fingerprint density at radius 2 is 2.11 bits per heavy atom. The summed E-state index contributed by atoms with van der Waals surface area (Å²) in [6.07, 6.45) is 10.2. The molecule has 0 aliphatic carbocycles. The summed E-state index contributed by atoms with van der Waals surface area (Å²) in [5.41, 5.74) is 2.16. The highest BCUT2D eigenvalue weighted by Crippen LogP contribution is 2.15. The quantitative estimate of drug-likeness (QED) is 0.696. The normalized spacial score (nSPS) is 10.8. The van der Waals surface area contributed by atoms with Crippen molar-refractivity contribution in [3.8, 4) is 0 Å². The smallest absolute Gasteiger partial charge is 0.171 e. The van der Waals surface area contributed by atoms with Gasteiger partial charge in [0.05, 0.1) is 23.5 Å². The van der Waals surface area contributed by atoms with Crippen molar-refractivity contribution in [2.24, 2.45) is 0 Å². The molecule has 0 N–H and O–H groups in total. The molecule has 3 rings (SSSR count). The van der Waals surface area contributed by atoms with E-state index >= 15 is 0 Å². The lowest BCUT2D eigenvalue weighted by Gasteiger charge is -2.00. The van der Waals surface area contributed by atoms with Gasteiger partial charge in [0.15, 0.2) is 5.78 Å². The molecule has 6 heteroatoms. The second-order valence-corrected chi connectivity index (χ2v) is 4.99. The summed E-state index contributed by atoms with van der Waals surface area (Å²) < 4.78 is 2.50. The summed E-state index contributed by atoms with van der Waals surface area (Å²) in [7, 11) is 0. The van der Waals surface area contributed by atoms with E-state index in [1.807, 2.05) is 6.07 Å². The molecule has 3 aromatic rings. The van der Waals surface area contributed by atoms with Gasteiger partial charge in [-0.25, -0.2) is 4.52 Å². The Bertz CT molecular complexity index is 753. The Balaban J connectivity index is 1.92. The second-order valence-electron chi connectivity index (χ2n) is 4.08. The summed E-state index contributed by atoms with van der Waals surface area (Å²) >= 11 is 3.34. The average molecular weight is 317 g/mol. The maximum Gasteiger partial charge on any atom is 0.171 e. The Kier molecular flexibility index (Phi) is 3.08. The average Bonchev–Trinajstić information content (AvgIpc) is 2.82. The predicted octanol–water partition coefficient (Wildman–Crippen LogP) is 2.31. The largest absolute Gasteiger partial charge is 0.294 e. The van der Waals surface area contributed by atoms with Gasteiger partial charge in [-0.3, -0.25) is 14.8 Å². The molecule has 0 unspecified atom stereocenters. The summed E-state index contributed by atoms with van der Waals surface area (Å²) in [5, 5.41) is 4.13. The molecule has 0 amide bonds. The SMILES string of the molecule is O=C(Cc1cncc(Br)c1)c1cnn2ccncc12. The molecule has 0 aliphatic rings. The Hall–Kier alpha value is -2.08. The van der Waals surface area contributed by atoms with E-state index < -0.39 is 0 Å². The van der Waals surface area contributed by atoms with Crippen LogP contribution >= 0.6 is 15.9 Å². The number of carbonyl (C=O) groups excluding carboxylic acids is 1. The summed E-state index contributed by atoms with van der Waals surface area (Å²) in [4.78, 5) is 20.3. The fraction of sp³-hybridized carbons (Fsp3) is 0.0769. The summed E-state index contributed by atoms with van der Waals surface area (Å²) in [6.45, 7) is 0. The van der Waals surface area contributed by atoms with Gasteiger partial charge < -0.3 is 0 Å². The van der Waals surface area contributed by atoms with Gasteiger partial charge in [0, 0.05) is 35.7 Å². The van der Waals surface area contributed by atoms with Crippen molar-refractivity contribution < 1.29 is 4.79 Å². The Labute approximate surface area is 117 Å². The zero-order valence-corrected chi connectivity index (χ0v) is 11.4. The van der Waals surface area contributed by atoms with Crippen molar-refractivity contribution in [1.82, 2.24) is 19.6 Å². The van der Waals surface area contributed by atoms with Crippen LogP contribution in [0.2, 0.25) is 0 Å². The second kappa shape index (κ2) is 4.89. The van der Waals surface area contributed by atoms with Gasteiger partial charge in [0.2, 0.25) is 0 Å². The van der Waals surface area contributed by atoms with E-state index in [-0.39, 0.29) is 5.78 Å². The third-order valence-corrected chi connectivity index (χ3v) is 3.19. The molecule has 0 aliphatic heterocycles. The van der Waals surface area contributed by atoms with Gasteiger partial charge in [-0.2, -0.15) is 5.10 Å². The fourth-order valence-electron chi connectivity index (χ4n) is 1.88. The Morgan fingerprint density at radius 1 is 1.21 bits per heavy atom. The number of ketones is 1. The monoisotopic (exact) mass is 316 g/mol. The molecule has 19 heavy (non-hydrogen) atoms. The number of Topliss-reactive ketones (excluding diaryl/α,β-unsaturated/α-hetero) is 1. The van der Waals surface area contributed by atoms with Crippen LogP contribution in [0.5, 0.6) is 0 Å². The third-order valence-electron chi connectivity index (χ3n) is 2.75. The van der Waals surface area contributed by atoms with E-state index in [1.165, 1.54) is 0 Å². The highest BCUT2D eigenvalue weighted by atomic mass is 79.9. The minimum atomic E-state index is 0.00269. The van der Waals surface area contributed by atoms with Crippen molar-refractivity contribution in [2.45, 2.75) is 6.42 Å². The van der Waals surface area contributed by atoms with Crippen molar-refractivity contribution in [1.29, 1.82) is 0 Å². The molecule has 0 bridgehead atoms. The van der Waals surface area contributed by atoms with Crippen LogP contribution in [0.15, 0.2) is 47.7 Å². The van der Waals surface area contributed by atoms with Crippen LogP contribution in [-0.2, 0) is 6.42 Å². The van der Waals surface area contributed by atoms with Crippen LogP contribution in [0.3, 0.4) is 0 Å². The lowest BCUT2D eigenvalue weighted by Crippen LogP contribution is -2.03. The van der Waals surface area contributed by atoms with Crippen LogP contribution in [0, 0.1) is 0 Å². The number of hydrogen-bond donors (Lipinski definition) is 0. The minimum absolute atomic E-state index is 0.00269. The van der Waals surface area contributed by atoms with Gasteiger partial charge in [0.1, 0.15) is 0 Å². The number of pyridine rings is 1. The van der Waals surface area contributed by atoms with E-state index in [4.69, 9.17) is 0 Å². The fourth-order valence-corrected chi connectivity index (χ4v) is 2.29. The first-order valence-corrected chi connectivity index (χ1v) is 6.43. The molecule has 0 saturated heterocycles. The molecule has 0 spiro atoms. The van der Waals surface area contributed by atoms with E-state index in [1.54, 1.807) is 41.7 Å². The Morgan fingerprint density at radius 3 is 2.95 bits per heavy atom. The topological polar surface area (TPSA) is 60.2 Å². The first-order valence-electron chi connectivity index (χ1n) is 5.64. The van der Waals surface area contributed by atoms with Gasteiger partial charge in [0.25, 0.3) is 0 Å². The number of rotatable bonds is 3. The third kappa shape index (κ3) is 2.39. The van der Waals surface area contributed by atoms with Crippen molar-refractivity contribution in [3.05, 3.63) is 58.8 Å². The number of aromatic nitrogens is 4. The number of fused-ring (bicyclic) bond motifs is 1. The number of hydrogen-bond acceptors (Lipinski definition) is 4. The first-order chi connectivity index (χ1) is 9.24. The maximum atomic E-state index is 12.3. The molecule has 0 fully saturated rings. The number of carbonyl (C=O) groups is 1. The van der Waals surface area contributed by atoms with Gasteiger partial charge in [-0.05, 0) is 27.6 Å². The highest BCUT2D eigenvalue weighted by Gasteiger charge is 2.13. The zero-order valence-electron chi connectivity index (χ0n) is 9.82. The van der Waals surface area contributed by atoms with Crippen LogP contribution in [-0.4, -0.2) is 25.4 Å². The molecular weight excluding hydrogens is 308 g/mol. The standard InChI is InChI=1S/C13H9BrN4O/c14-10-3-9(5-16-6-10)4-13(19)11-7-17-18-2-1-15-8-12(11)18/h1-3,5-8H,4H2. The lowest BCUT2D eigenvalue weighted by atomic mass is 10.1. The molecule has 0 atom stereocenters. The van der Waals surface area contributed by atoms with Crippen LogP contribution in [0.25, 0.3) is 5.52 Å². The molecular formula is C13H9BrN4O. The molecule has 3 heterocycles. The number of nitrogens with zero attached hydrogens (tertiary/aromatic N) is 4. The molecule has 0 saturated carbocycles. The zero-order chi connectivity index (χ0) is 13.2. The van der Waals surface area contributed by atoms with Crippen molar-refractivity contribution >= 4 is 27.2 Å². The van der Waals surface area contributed by atoms with E-state index in [0.29, 0.717) is 12.0 Å². The summed E-state index contributed by atoms with van der Waals surface area (Å²) in [6, 6.07) is 1.88. The molecule has 3 aromatic heterocycles. The number of halogens is 1. The van der Waals surface area contributed by atoms with E-state index in [0.717, 1.165) is 15.6 Å². The molecule has 5 nitrogen and oxygen atoms in total. The van der Waals surface area contributed by atoms with Crippen LogP contribution in [0.4, 0.5) is 0 Å². The molecule has 94 valence electrons. The minimum Gasteiger partial charge on any atom is -0.294 e. The van der Waals surface area contributed by atoms with Crippen LogP contribution < -0.4 is 0 Å². The predicted molar refractivity (Wildman–Crippen MR) is 73.0 cm³/mol. The molecule has 0 aromatic carbocycles. The van der Waals surface area contributed by atoms with Gasteiger partial charge >= 0.3 is 0 Å². The molecule has 0 radical (unpaired) electrons. The van der Waals surface area contributed by atoms with E-state index in [9.17, 15) is 4.79 Å². The lowest BCUT2D eigenvalue weighted by molar-refractivity contribution is 0.0994. The van der Waals surface area contributed by atoms with Crippen LogP contribution in [0.1, 0.15) is 15.9 Å².